The van der Waals surface area contributed by atoms with Gasteiger partial charge in [0.15, 0.2) is 62.9 Å². The largest absolute Gasteiger partial charge is 0.397 e. The van der Waals surface area contributed by atoms with Gasteiger partial charge in [0.25, 0.3) is 0 Å². The highest BCUT2D eigenvalue weighted by molar-refractivity contribution is 7.81. The summed E-state index contributed by atoms with van der Waals surface area (Å²) in [6.45, 7) is -5.99. The van der Waals surface area contributed by atoms with E-state index >= 15 is 0 Å². The Bertz CT molecular complexity index is 3850. The quantitative estimate of drug-likeness (QED) is 0.0262. The Morgan fingerprint density at radius 2 is 0.531 bits per heavy atom. The second kappa shape index (κ2) is 46.1. The molecule has 0 aromatic carbocycles. The van der Waals surface area contributed by atoms with Crippen molar-refractivity contribution in [3.05, 3.63) is 0 Å². The van der Waals surface area contributed by atoms with Crippen LogP contribution >= 0.6 is 0 Å². The van der Waals surface area contributed by atoms with Crippen molar-refractivity contribution in [3.63, 3.8) is 0 Å². The topological polar surface area (TPSA) is 925 Å². The smallest absolute Gasteiger partial charge is 0.394 e. The van der Waals surface area contributed by atoms with Gasteiger partial charge in [0, 0.05) is 27.7 Å². The lowest BCUT2D eigenvalue weighted by Gasteiger charge is -2.51. The maximum Gasteiger partial charge on any atom is 0.397 e. The first kappa shape index (κ1) is 108. The molecule has 0 radical (unpaired) electrons. The van der Waals surface area contributed by atoms with Gasteiger partial charge >= 0.3 is 20.8 Å². The lowest BCUT2D eigenvalue weighted by molar-refractivity contribution is -0.399. The summed E-state index contributed by atoms with van der Waals surface area (Å²) in [5.74, 6) is -4.00. The minimum absolute atomic E-state index is 0.855. The van der Waals surface area contributed by atoms with E-state index in [0.29, 0.717) is 0 Å². The number of aliphatic hydroxyl groups is 25. The molecule has 10 rings (SSSR count). The Morgan fingerprint density at radius 3 is 0.908 bits per heavy atom. The molecule has 0 saturated carbocycles. The zero-order valence-electron chi connectivity index (χ0n) is 69.0. The van der Waals surface area contributed by atoms with E-state index in [9.17, 15) is 173 Å². The average molecular weight is 1950 g/mol. The number of carbonyl (C=O) groups is 4. The van der Waals surface area contributed by atoms with Crippen molar-refractivity contribution in [1.29, 1.82) is 0 Å². The molecule has 0 aromatic rings. The molecule has 10 heterocycles. The molecular formula is C68H114N4O56S2. The third-order valence-electron chi connectivity index (χ3n) is 22.8. The minimum Gasteiger partial charge on any atom is -0.394 e. The third-order valence-corrected chi connectivity index (χ3v) is 23.8. The number of carbonyl (C=O) groups excluding carboxylic acids is 4. The summed E-state index contributed by atoms with van der Waals surface area (Å²) in [6, 6.07) is -8.04. The van der Waals surface area contributed by atoms with Gasteiger partial charge in [-0.15, -0.1) is 0 Å². The van der Waals surface area contributed by atoms with Crippen LogP contribution in [0.1, 0.15) is 34.6 Å². The second-order valence-corrected chi connectivity index (χ2v) is 34.1. The normalized spacial score (nSPS) is 47.6. The molecule has 0 aromatic heterocycles. The zero-order valence-corrected chi connectivity index (χ0v) is 70.6. The highest BCUT2D eigenvalue weighted by Crippen LogP contribution is 2.41. The number of rotatable bonds is 35. The molecule has 1 unspecified atom stereocenters. The number of nitrogens with one attached hydrogen (secondary N) is 4. The van der Waals surface area contributed by atoms with Crippen LogP contribution in [0.15, 0.2) is 0 Å². The summed E-state index contributed by atoms with van der Waals surface area (Å²) < 4.78 is 188. The van der Waals surface area contributed by atoms with Gasteiger partial charge in [-0.3, -0.25) is 28.3 Å². The maximum absolute atomic E-state index is 13.3. The van der Waals surface area contributed by atoms with E-state index in [2.05, 4.69) is 29.6 Å². The van der Waals surface area contributed by atoms with Crippen molar-refractivity contribution in [2.45, 2.75) is 341 Å². The third kappa shape index (κ3) is 24.9. The molecular weight excluding hydrogens is 1830 g/mol. The van der Waals surface area contributed by atoms with Crippen molar-refractivity contribution in [3.8, 4) is 0 Å². The molecule has 62 heteroatoms. The van der Waals surface area contributed by atoms with Crippen LogP contribution in [0.2, 0.25) is 0 Å². The van der Waals surface area contributed by atoms with Crippen LogP contribution in [0.5, 0.6) is 0 Å². The molecule has 4 amide bonds. The predicted molar refractivity (Wildman–Crippen MR) is 395 cm³/mol. The molecule has 130 heavy (non-hydrogen) atoms. The predicted octanol–water partition coefficient (Wildman–Crippen LogP) is -21.5. The van der Waals surface area contributed by atoms with Gasteiger partial charge in [-0.2, -0.15) is 16.8 Å². The number of hydrogen-bond donors (Lipinski definition) is 31. The van der Waals surface area contributed by atoms with E-state index in [4.69, 9.17) is 90.0 Å². The molecule has 50 atom stereocenters. The van der Waals surface area contributed by atoms with Crippen LogP contribution in [0.3, 0.4) is 0 Å². The van der Waals surface area contributed by atoms with Crippen LogP contribution in [0.4, 0.5) is 0 Å². The van der Waals surface area contributed by atoms with E-state index in [1.54, 1.807) is 0 Å². The van der Waals surface area contributed by atoms with Crippen LogP contribution in [0, 0.1) is 0 Å². The molecule has 754 valence electrons. The number of amides is 4. The molecule has 0 bridgehead atoms. The van der Waals surface area contributed by atoms with Gasteiger partial charge < -0.3 is 239 Å². The van der Waals surface area contributed by atoms with Crippen molar-refractivity contribution >= 4 is 44.4 Å². The summed E-state index contributed by atoms with van der Waals surface area (Å²) in [5, 5.41) is 291. The SMILES string of the molecule is CC(=O)N[C@H]1[C@H](O[C@H]2[C@H](O)[C@@H](NC(C)=O)C(O)O[C@@H]2CO[C@@H]2O[C@@H](C)[C@@H](O)[C@@H](O)[C@@H]2O)O[C@H](CO)[C@@H](O[C@@H]2O[C@H](CO[C@H]3O[C@H](CO)[C@@H](O)[C@H](O)[C@@H]3O[C@@H]3O[C@H](CO)[C@@H](O[C@@H]4O[C@H](CO)[C@H](O)[C@H](OS(=O)(=O)O)[C@H]4O)[C@H](O)[C@H]3NC(C)=O)[C@@H](O)[C@H](O[C@H]3O[C@H](CO)[C@@H](O)[C@H](O)[C@@H]3O[C@@H]3O[C@H](CO)[C@@H](O[C@@H]4O[C@H](CO)[C@H](O)[C@H](OS(=O)(=O)O)[C@H]4O)[C@H](O)[C@H]3NC(C)=O)[C@@H]2O)[C@@H]1O. The summed E-state index contributed by atoms with van der Waals surface area (Å²) >= 11 is 0. The van der Waals surface area contributed by atoms with Gasteiger partial charge in [-0.1, -0.05) is 0 Å². The van der Waals surface area contributed by atoms with E-state index in [0.717, 1.165) is 27.7 Å². The average Bonchev–Trinajstić information content (AvgIpc) is 0.766. The van der Waals surface area contributed by atoms with Crippen molar-refractivity contribution in [2.24, 2.45) is 0 Å². The van der Waals surface area contributed by atoms with Gasteiger partial charge in [0.2, 0.25) is 23.6 Å². The monoisotopic (exact) mass is 1950 g/mol. The molecule has 0 aliphatic carbocycles. The summed E-state index contributed by atoms with van der Waals surface area (Å²) in [7, 11) is -11.1. The number of hydrogen-bond acceptors (Lipinski definition) is 54. The van der Waals surface area contributed by atoms with Crippen molar-refractivity contribution < 1.29 is 271 Å². The first-order valence-electron chi connectivity index (χ1n) is 40.3. The van der Waals surface area contributed by atoms with Crippen molar-refractivity contribution in [2.75, 3.05) is 59.5 Å². The first-order chi connectivity index (χ1) is 61.0. The standard InChI is InChI=1S/C68H114N4O56S2/c1-15-33(84)43(94)46(97)63(110-15)108-14-28-53(39(90)29(59(101)111-28)69-16(2)80)120-60-30(70-17(3)81)40(91)50(24(10-77)116-60)121-64-47(98)54(124-68-58(45(96)35(86)21(7-74)115-68)126-62-32(72-19(5)83)42(93)52(26(12-79)118-62)123-66-49(100)56(128-130(105,106)107)37(88)23(9-76)113-66)38(89)27(119-64)13-109-67-57(44(95)34(85)20(6-73)114-67)125-61-31(71-18(4)82)41(92)51(25(11-78)117-61)122-65-48(99)55(127-129(102,103)104)36(87)22(8-75)112-65/h15,20-68,73-79,84-101H,6-14H2,1-5H3,(H,69,80)(H,70,81)(H,71,82)(H,72,83)(H,102,103,104)(H,105,106,107)/t15-,20+,21+,22+,23+,24+,25+,26+,27+,28+,29+,30+,31+,32+,33+,34+,35+,36-,37-,38+,39+,40+,41+,42+,43+,44-,45-,46-,47-,48+,49+,50+,51+,52+,53+,54-,55-,56-,57-,58-,59?,60-,61-,62-,63+,64-,65-,66-,67-,68+/m0/s1. The van der Waals surface area contributed by atoms with E-state index in [1.807, 2.05) is 0 Å². The minimum atomic E-state index is -5.54. The Kier molecular flexibility index (Phi) is 38.3. The second-order valence-electron chi connectivity index (χ2n) is 32.0. The fourth-order valence-electron chi connectivity index (χ4n) is 16.3. The lowest BCUT2D eigenvalue weighted by atomic mass is 9.93. The Balaban J connectivity index is 0.990. The Labute approximate surface area is 735 Å². The van der Waals surface area contributed by atoms with E-state index in [-0.39, 0.29) is 0 Å². The van der Waals surface area contributed by atoms with Gasteiger partial charge in [-0.05, 0) is 6.92 Å². The van der Waals surface area contributed by atoms with Crippen LogP contribution in [-0.4, -0.2) is 544 Å². The first-order valence-corrected chi connectivity index (χ1v) is 43.0. The highest BCUT2D eigenvalue weighted by atomic mass is 32.3. The van der Waals surface area contributed by atoms with Gasteiger partial charge in [-0.25, -0.2) is 8.37 Å². The van der Waals surface area contributed by atoms with Crippen LogP contribution in [-0.2, 0) is 138 Å². The summed E-state index contributed by atoms with van der Waals surface area (Å²) in [6.07, 6.45) is -101. The van der Waals surface area contributed by atoms with Crippen molar-refractivity contribution in [1.82, 2.24) is 21.3 Å². The summed E-state index contributed by atoms with van der Waals surface area (Å²) in [4.78, 5) is 51.9. The molecule has 10 aliphatic rings. The highest BCUT2D eigenvalue weighted by Gasteiger charge is 2.62. The zero-order chi connectivity index (χ0) is 96.2. The molecule has 10 fully saturated rings. The fourth-order valence-corrected chi connectivity index (χ4v) is 17.3. The fraction of sp³-hybridized carbons (Fsp3) is 0.941. The maximum atomic E-state index is 13.3. The summed E-state index contributed by atoms with van der Waals surface area (Å²) in [5.41, 5.74) is 0. The van der Waals surface area contributed by atoms with Gasteiger partial charge in [0.1, 0.15) is 238 Å². The lowest BCUT2D eigenvalue weighted by Crippen LogP contribution is -2.71. The number of ether oxygens (including phenoxy) is 19. The molecule has 10 saturated heterocycles. The van der Waals surface area contributed by atoms with Crippen LogP contribution in [0.25, 0.3) is 0 Å². The molecule has 60 nitrogen and oxygen atoms in total. The van der Waals surface area contributed by atoms with E-state index < -0.39 is 411 Å². The molecule has 31 N–H and O–H groups in total. The molecule has 10 aliphatic heterocycles. The Hall–Kier alpha value is -4.14. The molecule has 0 spiro atoms. The Morgan fingerprint density at radius 1 is 0.254 bits per heavy atom. The van der Waals surface area contributed by atoms with Crippen LogP contribution < -0.4 is 21.3 Å². The van der Waals surface area contributed by atoms with E-state index in [1.165, 1.54) is 6.92 Å². The number of aliphatic hydroxyl groups excluding tert-OH is 25. The van der Waals surface area contributed by atoms with Gasteiger partial charge in [0.05, 0.1) is 65.6 Å².